The van der Waals surface area contributed by atoms with Gasteiger partial charge in [0.25, 0.3) is 5.91 Å². The molecule has 1 unspecified atom stereocenters. The van der Waals surface area contributed by atoms with E-state index in [-0.39, 0.29) is 5.91 Å². The Morgan fingerprint density at radius 3 is 2.87 bits per heavy atom. The molecule has 2 nitrogen and oxygen atoms in total. The summed E-state index contributed by atoms with van der Waals surface area (Å²) < 4.78 is 0. The Hall–Kier alpha value is -1.01. The molecule has 1 aliphatic carbocycles. The molecule has 1 saturated carbocycles. The Kier molecular flexibility index (Phi) is 5.20. The first-order chi connectivity index (χ1) is 7.27. The van der Waals surface area contributed by atoms with Crippen LogP contribution in [0.1, 0.15) is 45.4 Å². The van der Waals surface area contributed by atoms with Gasteiger partial charge in [0.2, 0.25) is 0 Å². The summed E-state index contributed by atoms with van der Waals surface area (Å²) in [6, 6.07) is 0.383. The van der Waals surface area contributed by atoms with Crippen LogP contribution >= 0.6 is 0 Å². The van der Waals surface area contributed by atoms with Gasteiger partial charge < -0.3 is 5.32 Å². The van der Waals surface area contributed by atoms with Crippen LogP contribution in [0.2, 0.25) is 0 Å². The van der Waals surface area contributed by atoms with Crippen LogP contribution in [0, 0.1) is 5.92 Å². The summed E-state index contributed by atoms with van der Waals surface area (Å²) in [6.45, 7) is 5.60. The zero-order valence-corrected chi connectivity index (χ0v) is 9.59. The molecule has 1 aliphatic rings. The van der Waals surface area contributed by atoms with Gasteiger partial charge in [0, 0.05) is 12.1 Å². The van der Waals surface area contributed by atoms with E-state index in [1.54, 1.807) is 0 Å². The highest BCUT2D eigenvalue weighted by Gasteiger charge is 2.31. The zero-order chi connectivity index (χ0) is 11.1. The predicted octanol–water partition coefficient (Wildman–Crippen LogP) is 2.80. The van der Waals surface area contributed by atoms with Gasteiger partial charge in [-0.05, 0) is 25.2 Å². The van der Waals surface area contributed by atoms with Crippen LogP contribution in [-0.4, -0.2) is 11.9 Å². The van der Waals surface area contributed by atoms with Crippen molar-refractivity contribution in [3.8, 4) is 0 Å². The molecule has 1 atom stereocenters. The minimum Gasteiger partial charge on any atom is -0.349 e. The third-order valence-electron chi connectivity index (χ3n) is 2.87. The van der Waals surface area contributed by atoms with E-state index < -0.39 is 0 Å². The Bertz CT molecular complexity index is 249. The Labute approximate surface area is 92.4 Å². The van der Waals surface area contributed by atoms with Crippen molar-refractivity contribution in [2.45, 2.75) is 51.5 Å². The van der Waals surface area contributed by atoms with E-state index >= 15 is 0 Å². The number of nitrogens with one attached hydrogen (secondary N) is 1. The van der Waals surface area contributed by atoms with Gasteiger partial charge in [0.1, 0.15) is 0 Å². The molecule has 1 rings (SSSR count). The lowest BCUT2D eigenvalue weighted by atomic mass is 10.0. The highest BCUT2D eigenvalue weighted by Crippen LogP contribution is 2.34. The molecule has 0 radical (unpaired) electrons. The topological polar surface area (TPSA) is 29.1 Å². The summed E-state index contributed by atoms with van der Waals surface area (Å²) in [5, 5.41) is 3.04. The maximum Gasteiger partial charge on any atom is 0.251 e. The van der Waals surface area contributed by atoms with Crippen molar-refractivity contribution < 1.29 is 4.79 Å². The second kappa shape index (κ2) is 6.47. The predicted molar refractivity (Wildman–Crippen MR) is 62.5 cm³/mol. The summed E-state index contributed by atoms with van der Waals surface area (Å²) >= 11 is 0. The first-order valence-electron chi connectivity index (χ1n) is 5.94. The van der Waals surface area contributed by atoms with Crippen LogP contribution in [0.4, 0.5) is 0 Å². The molecule has 0 aliphatic heterocycles. The SMILES string of the molecule is C=C=CC(=O)NC(CCCCC)C1CC1. The molecule has 1 amide bonds. The zero-order valence-electron chi connectivity index (χ0n) is 9.59. The Morgan fingerprint density at radius 2 is 2.33 bits per heavy atom. The molecule has 0 spiro atoms. The van der Waals surface area contributed by atoms with Gasteiger partial charge in [-0.3, -0.25) is 4.79 Å². The lowest BCUT2D eigenvalue weighted by molar-refractivity contribution is -0.117. The summed E-state index contributed by atoms with van der Waals surface area (Å²) in [4.78, 5) is 11.3. The van der Waals surface area contributed by atoms with E-state index in [1.807, 2.05) is 0 Å². The standard InChI is InChI=1S/C13H21NO/c1-3-5-6-8-12(11-9-10-11)14-13(15)7-4-2/h7,11-12H,2-3,5-6,8-10H2,1H3,(H,14,15). The quantitative estimate of drug-likeness (QED) is 0.388. The molecule has 84 valence electrons. The minimum atomic E-state index is -0.0431. The molecular formula is C13H21NO. The highest BCUT2D eigenvalue weighted by molar-refractivity contribution is 5.87. The van der Waals surface area contributed by atoms with Crippen molar-refractivity contribution in [1.82, 2.24) is 5.32 Å². The van der Waals surface area contributed by atoms with Crippen LogP contribution in [0.15, 0.2) is 18.4 Å². The highest BCUT2D eigenvalue weighted by atomic mass is 16.1. The molecule has 0 aromatic heterocycles. The lowest BCUT2D eigenvalue weighted by Gasteiger charge is -2.16. The number of unbranched alkanes of at least 4 members (excludes halogenated alkanes) is 2. The monoisotopic (exact) mass is 207 g/mol. The van der Waals surface area contributed by atoms with E-state index in [0.29, 0.717) is 6.04 Å². The summed E-state index contributed by atoms with van der Waals surface area (Å²) in [5.74, 6) is 0.683. The Morgan fingerprint density at radius 1 is 1.60 bits per heavy atom. The van der Waals surface area contributed by atoms with Crippen molar-refractivity contribution in [3.05, 3.63) is 18.4 Å². The van der Waals surface area contributed by atoms with E-state index in [2.05, 4.69) is 24.6 Å². The van der Waals surface area contributed by atoms with Crippen LogP contribution in [0.3, 0.4) is 0 Å². The van der Waals surface area contributed by atoms with E-state index in [0.717, 1.165) is 12.3 Å². The average molecular weight is 207 g/mol. The van der Waals surface area contributed by atoms with Crippen molar-refractivity contribution in [3.63, 3.8) is 0 Å². The molecule has 0 aromatic carbocycles. The number of amides is 1. The molecular weight excluding hydrogens is 186 g/mol. The van der Waals surface area contributed by atoms with Gasteiger partial charge in [-0.25, -0.2) is 0 Å². The van der Waals surface area contributed by atoms with Gasteiger partial charge in [-0.2, -0.15) is 0 Å². The summed E-state index contributed by atoms with van der Waals surface area (Å²) in [7, 11) is 0. The van der Waals surface area contributed by atoms with E-state index in [4.69, 9.17) is 0 Å². The van der Waals surface area contributed by atoms with Crippen molar-refractivity contribution in [2.75, 3.05) is 0 Å². The van der Waals surface area contributed by atoms with Crippen molar-refractivity contribution >= 4 is 5.91 Å². The van der Waals surface area contributed by atoms with Crippen molar-refractivity contribution in [2.24, 2.45) is 5.92 Å². The maximum atomic E-state index is 11.3. The Balaban J connectivity index is 2.30. The van der Waals surface area contributed by atoms with Crippen LogP contribution in [-0.2, 0) is 4.79 Å². The minimum absolute atomic E-state index is 0.0431. The van der Waals surface area contributed by atoms with Gasteiger partial charge >= 0.3 is 0 Å². The number of rotatable bonds is 7. The van der Waals surface area contributed by atoms with Gasteiger partial charge in [0.05, 0.1) is 0 Å². The largest absolute Gasteiger partial charge is 0.349 e. The molecule has 0 bridgehead atoms. The second-order valence-electron chi connectivity index (χ2n) is 4.30. The first kappa shape index (κ1) is 12.1. The fourth-order valence-corrected chi connectivity index (χ4v) is 1.86. The fraction of sp³-hybridized carbons (Fsp3) is 0.692. The van der Waals surface area contributed by atoms with Crippen LogP contribution < -0.4 is 5.32 Å². The smallest absolute Gasteiger partial charge is 0.251 e. The molecule has 15 heavy (non-hydrogen) atoms. The van der Waals surface area contributed by atoms with Gasteiger partial charge in [-0.1, -0.05) is 32.8 Å². The second-order valence-corrected chi connectivity index (χ2v) is 4.30. The number of hydrogen-bond donors (Lipinski definition) is 1. The van der Waals surface area contributed by atoms with Crippen LogP contribution in [0.5, 0.6) is 0 Å². The molecule has 1 fully saturated rings. The number of carbonyl (C=O) groups excluding carboxylic acids is 1. The molecule has 0 heterocycles. The van der Waals surface area contributed by atoms with Crippen molar-refractivity contribution in [1.29, 1.82) is 0 Å². The molecule has 0 saturated heterocycles. The lowest BCUT2D eigenvalue weighted by Crippen LogP contribution is -2.35. The molecule has 1 N–H and O–H groups in total. The van der Waals surface area contributed by atoms with Crippen LogP contribution in [0.25, 0.3) is 0 Å². The fourth-order valence-electron chi connectivity index (χ4n) is 1.86. The maximum absolute atomic E-state index is 11.3. The first-order valence-corrected chi connectivity index (χ1v) is 5.94. The molecule has 2 heteroatoms. The summed E-state index contributed by atoms with van der Waals surface area (Å²) in [6.07, 6.45) is 8.76. The normalized spacial score (nSPS) is 16.6. The van der Waals surface area contributed by atoms with Gasteiger partial charge in [-0.15, -0.1) is 5.73 Å². The van der Waals surface area contributed by atoms with Gasteiger partial charge in [0.15, 0.2) is 0 Å². The molecule has 0 aromatic rings. The average Bonchev–Trinajstić information content (AvgIpc) is 3.00. The van der Waals surface area contributed by atoms with E-state index in [1.165, 1.54) is 38.2 Å². The third kappa shape index (κ3) is 4.85. The third-order valence-corrected chi connectivity index (χ3v) is 2.87. The number of carbonyl (C=O) groups is 1. The van der Waals surface area contributed by atoms with E-state index in [9.17, 15) is 4.79 Å². The summed E-state index contributed by atoms with van der Waals surface area (Å²) in [5.41, 5.74) is 2.51. The number of hydrogen-bond acceptors (Lipinski definition) is 1.